The van der Waals surface area contributed by atoms with Crippen LogP contribution in [0.4, 0.5) is 10.5 Å². The van der Waals surface area contributed by atoms with Crippen molar-refractivity contribution in [3.05, 3.63) is 29.3 Å². The molecule has 0 radical (unpaired) electrons. The Morgan fingerprint density at radius 3 is 2.38 bits per heavy atom. The van der Waals surface area contributed by atoms with Gasteiger partial charge in [0.15, 0.2) is 0 Å². The van der Waals surface area contributed by atoms with E-state index in [9.17, 15) is 19.2 Å². The third kappa shape index (κ3) is 2.62. The molecule has 7 nitrogen and oxygen atoms in total. The van der Waals surface area contributed by atoms with E-state index in [2.05, 4.69) is 5.32 Å². The molecule has 0 saturated carbocycles. The number of rotatable bonds is 3. The fourth-order valence-corrected chi connectivity index (χ4v) is 1.97. The van der Waals surface area contributed by atoms with Crippen LogP contribution in [0.3, 0.4) is 0 Å². The van der Waals surface area contributed by atoms with E-state index >= 15 is 0 Å². The number of likely N-dealkylation sites (N-methyl/N-ethyl adjacent to an activating group) is 1. The number of aryl methyl sites for hydroxylation is 1. The molecular formula is C14H15N3O4. The molecule has 5 amide bonds. The number of anilines is 1. The summed E-state index contributed by atoms with van der Waals surface area (Å²) in [7, 11) is 1.20. The smallest absolute Gasteiger partial charge is 0.324 e. The van der Waals surface area contributed by atoms with Gasteiger partial charge in [0.1, 0.15) is 6.54 Å². The van der Waals surface area contributed by atoms with Crippen LogP contribution in [0.5, 0.6) is 0 Å². The van der Waals surface area contributed by atoms with Crippen molar-refractivity contribution in [1.29, 1.82) is 0 Å². The molecule has 1 aromatic rings. The third-order valence-electron chi connectivity index (χ3n) is 3.43. The number of amides is 5. The molecule has 110 valence electrons. The first-order valence-electron chi connectivity index (χ1n) is 6.32. The predicted octanol–water partition coefficient (Wildman–Crippen LogP) is 0.663. The van der Waals surface area contributed by atoms with E-state index in [1.807, 2.05) is 19.9 Å². The van der Waals surface area contributed by atoms with Crippen LogP contribution in [0.25, 0.3) is 0 Å². The van der Waals surface area contributed by atoms with Crippen molar-refractivity contribution in [1.82, 2.24) is 9.80 Å². The summed E-state index contributed by atoms with van der Waals surface area (Å²) >= 11 is 0. The van der Waals surface area contributed by atoms with Crippen molar-refractivity contribution in [2.75, 3.05) is 18.9 Å². The summed E-state index contributed by atoms with van der Waals surface area (Å²) in [6.07, 6.45) is 0. The molecule has 1 fully saturated rings. The topological polar surface area (TPSA) is 86.8 Å². The summed E-state index contributed by atoms with van der Waals surface area (Å²) < 4.78 is 0. The standard InChI is InChI=1S/C14H15N3O4/c1-8-5-4-6-10(9(8)2)15-11(18)7-17-13(20)12(19)16(3)14(17)21/h4-6H,7H2,1-3H3,(H,15,18). The zero-order valence-electron chi connectivity index (χ0n) is 12.0. The molecule has 1 N–H and O–H groups in total. The number of hydrogen-bond acceptors (Lipinski definition) is 4. The molecular weight excluding hydrogens is 274 g/mol. The second kappa shape index (κ2) is 5.35. The largest absolute Gasteiger partial charge is 0.334 e. The normalized spacial score (nSPS) is 14.9. The summed E-state index contributed by atoms with van der Waals surface area (Å²) in [6, 6.07) is 4.64. The lowest BCUT2D eigenvalue weighted by molar-refractivity contribution is -0.143. The van der Waals surface area contributed by atoms with Crippen LogP contribution in [-0.4, -0.2) is 47.1 Å². The quantitative estimate of drug-likeness (QED) is 0.654. The van der Waals surface area contributed by atoms with Crippen LogP contribution in [0, 0.1) is 13.8 Å². The summed E-state index contributed by atoms with van der Waals surface area (Å²) in [5, 5.41) is 2.63. The van der Waals surface area contributed by atoms with Gasteiger partial charge >= 0.3 is 17.8 Å². The van der Waals surface area contributed by atoms with Gasteiger partial charge in [-0.3, -0.25) is 19.3 Å². The maximum absolute atomic E-state index is 11.9. The zero-order chi connectivity index (χ0) is 15.7. The average Bonchev–Trinajstić information content (AvgIpc) is 2.62. The fraction of sp³-hybridized carbons (Fsp3) is 0.286. The molecule has 21 heavy (non-hydrogen) atoms. The number of carbonyl (C=O) groups excluding carboxylic acids is 4. The monoisotopic (exact) mass is 289 g/mol. The van der Waals surface area contributed by atoms with Gasteiger partial charge in [-0.2, -0.15) is 0 Å². The molecule has 7 heteroatoms. The summed E-state index contributed by atoms with van der Waals surface area (Å²) in [4.78, 5) is 47.8. The lowest BCUT2D eigenvalue weighted by atomic mass is 10.1. The first-order valence-corrected chi connectivity index (χ1v) is 6.32. The number of nitrogens with zero attached hydrogens (tertiary/aromatic N) is 2. The Labute approximate surface area is 121 Å². The van der Waals surface area contributed by atoms with Gasteiger partial charge in [-0.05, 0) is 31.0 Å². The minimum Gasteiger partial charge on any atom is -0.324 e. The highest BCUT2D eigenvalue weighted by Gasteiger charge is 2.42. The summed E-state index contributed by atoms with van der Waals surface area (Å²) in [6.45, 7) is 3.28. The first-order chi connectivity index (χ1) is 9.82. The van der Waals surface area contributed by atoms with Crippen molar-refractivity contribution < 1.29 is 19.2 Å². The molecule has 0 aliphatic carbocycles. The number of carbonyl (C=O) groups is 4. The SMILES string of the molecule is Cc1cccc(NC(=O)CN2C(=O)C(=O)N(C)C2=O)c1C. The molecule has 1 heterocycles. The Morgan fingerprint density at radius 1 is 1.14 bits per heavy atom. The van der Waals surface area contributed by atoms with E-state index in [1.165, 1.54) is 7.05 Å². The molecule has 0 spiro atoms. The molecule has 1 aliphatic rings. The van der Waals surface area contributed by atoms with Gasteiger partial charge in [-0.1, -0.05) is 12.1 Å². The maximum atomic E-state index is 11.9. The Morgan fingerprint density at radius 2 is 1.81 bits per heavy atom. The Kier molecular flexibility index (Phi) is 3.75. The van der Waals surface area contributed by atoms with Crippen molar-refractivity contribution in [2.24, 2.45) is 0 Å². The molecule has 0 aromatic heterocycles. The lowest BCUT2D eigenvalue weighted by Gasteiger charge is -2.14. The van der Waals surface area contributed by atoms with Crippen LogP contribution < -0.4 is 5.32 Å². The molecule has 1 aromatic carbocycles. The van der Waals surface area contributed by atoms with Crippen LogP contribution >= 0.6 is 0 Å². The van der Waals surface area contributed by atoms with Crippen molar-refractivity contribution in [3.8, 4) is 0 Å². The molecule has 1 saturated heterocycles. The van der Waals surface area contributed by atoms with Gasteiger partial charge in [0.2, 0.25) is 5.91 Å². The molecule has 2 rings (SSSR count). The second-order valence-corrected chi connectivity index (χ2v) is 4.83. The van der Waals surface area contributed by atoms with Gasteiger partial charge in [-0.25, -0.2) is 9.69 Å². The van der Waals surface area contributed by atoms with Crippen LogP contribution in [-0.2, 0) is 14.4 Å². The molecule has 0 unspecified atom stereocenters. The maximum Gasteiger partial charge on any atom is 0.334 e. The number of benzene rings is 1. The third-order valence-corrected chi connectivity index (χ3v) is 3.43. The first kappa shape index (κ1) is 14.7. The number of hydrogen-bond donors (Lipinski definition) is 1. The molecule has 0 atom stereocenters. The van der Waals surface area contributed by atoms with E-state index in [0.717, 1.165) is 11.1 Å². The fourth-order valence-electron chi connectivity index (χ4n) is 1.97. The summed E-state index contributed by atoms with van der Waals surface area (Å²) in [5.74, 6) is -2.45. The van der Waals surface area contributed by atoms with Gasteiger partial charge in [0.05, 0.1) is 0 Å². The van der Waals surface area contributed by atoms with E-state index in [4.69, 9.17) is 0 Å². The van der Waals surface area contributed by atoms with E-state index in [-0.39, 0.29) is 0 Å². The van der Waals surface area contributed by atoms with Gasteiger partial charge in [0, 0.05) is 12.7 Å². The van der Waals surface area contributed by atoms with Gasteiger partial charge in [0.25, 0.3) is 0 Å². The Balaban J connectivity index is 2.09. The van der Waals surface area contributed by atoms with Crippen molar-refractivity contribution >= 4 is 29.4 Å². The summed E-state index contributed by atoms with van der Waals surface area (Å²) in [5.41, 5.74) is 2.52. The number of nitrogens with one attached hydrogen (secondary N) is 1. The molecule has 0 bridgehead atoms. The van der Waals surface area contributed by atoms with Crippen LogP contribution in [0.15, 0.2) is 18.2 Å². The highest BCUT2D eigenvalue weighted by atomic mass is 16.2. The van der Waals surface area contributed by atoms with E-state index in [1.54, 1.807) is 12.1 Å². The minimum absolute atomic E-state index is 0.485. The average molecular weight is 289 g/mol. The highest BCUT2D eigenvalue weighted by Crippen LogP contribution is 2.18. The minimum atomic E-state index is -0.987. The Hall–Kier alpha value is -2.70. The number of imide groups is 2. The number of urea groups is 1. The van der Waals surface area contributed by atoms with Gasteiger partial charge < -0.3 is 5.32 Å². The van der Waals surface area contributed by atoms with E-state index < -0.39 is 30.3 Å². The Bertz CT molecular complexity index is 654. The van der Waals surface area contributed by atoms with E-state index in [0.29, 0.717) is 15.5 Å². The second-order valence-electron chi connectivity index (χ2n) is 4.83. The van der Waals surface area contributed by atoms with Crippen LogP contribution in [0.2, 0.25) is 0 Å². The molecule has 1 aliphatic heterocycles. The van der Waals surface area contributed by atoms with Crippen LogP contribution in [0.1, 0.15) is 11.1 Å². The lowest BCUT2D eigenvalue weighted by Crippen LogP contribution is -2.38. The van der Waals surface area contributed by atoms with Gasteiger partial charge in [-0.15, -0.1) is 0 Å². The zero-order valence-corrected chi connectivity index (χ0v) is 12.0. The van der Waals surface area contributed by atoms with Crippen molar-refractivity contribution in [2.45, 2.75) is 13.8 Å². The predicted molar refractivity (Wildman–Crippen MR) is 74.4 cm³/mol. The van der Waals surface area contributed by atoms with Crippen molar-refractivity contribution in [3.63, 3.8) is 0 Å². The highest BCUT2D eigenvalue weighted by molar-refractivity contribution is 6.44.